The van der Waals surface area contributed by atoms with E-state index in [4.69, 9.17) is 9.40 Å². The molecule has 0 saturated carbocycles. The van der Waals surface area contributed by atoms with E-state index in [-0.39, 0.29) is 11.0 Å². The second kappa shape index (κ2) is 10.1. The zero-order chi connectivity index (χ0) is 32.9. The lowest BCUT2D eigenvalue weighted by Crippen LogP contribution is -2.74. The smallest absolute Gasteiger partial charge is 0.227 e. The lowest BCUT2D eigenvalue weighted by atomic mass is 9.54. The minimum atomic E-state index is -0.295. The number of hydrogen-bond donors (Lipinski definition) is 0. The third-order valence-electron chi connectivity index (χ3n) is 11.3. The molecule has 0 spiro atoms. The number of benzene rings is 3. The van der Waals surface area contributed by atoms with E-state index >= 15 is 0 Å². The van der Waals surface area contributed by atoms with Crippen LogP contribution in [-0.2, 0) is 11.0 Å². The van der Waals surface area contributed by atoms with E-state index in [1.54, 1.807) is 0 Å². The Labute approximate surface area is 281 Å². The predicted molar refractivity (Wildman–Crippen MR) is 193 cm³/mol. The van der Waals surface area contributed by atoms with Crippen molar-refractivity contribution >= 4 is 27.8 Å². The largest absolute Gasteiger partial charge is 0.437 e. The van der Waals surface area contributed by atoms with Crippen molar-refractivity contribution in [1.29, 1.82) is 0 Å². The third kappa shape index (κ3) is 3.80. The summed E-state index contributed by atoms with van der Waals surface area (Å²) in [5.41, 5.74) is 14.2. The molecule has 0 amide bonds. The molecule has 7 aromatic rings. The first-order valence-electron chi connectivity index (χ1n) is 17.0. The Morgan fingerprint density at radius 2 is 1.50 bits per heavy atom. The van der Waals surface area contributed by atoms with Gasteiger partial charge in [-0.25, -0.2) is 4.98 Å². The molecular weight excluding hydrogens is 587 g/mol. The standard InChI is InChI=1S/C44H39N3O/c1-27(2)30-16-18-31(19-17-30)32-22-24-46(38(25-32)40-28(3)14-20-33-34-21-15-29(4)45-42(34)48-41(33)40)39-26-43(5)44(39,6)36-12-8-7-11-35(36)37-13-9-10-23-47(37)43/h7-27H,1-6H3/q+2. The van der Waals surface area contributed by atoms with Crippen LogP contribution in [-0.4, -0.2) is 4.98 Å². The zero-order valence-corrected chi connectivity index (χ0v) is 28.4. The molecule has 4 heteroatoms. The highest BCUT2D eigenvalue weighted by Gasteiger charge is 2.70. The van der Waals surface area contributed by atoms with Gasteiger partial charge in [0, 0.05) is 47.7 Å². The number of pyridine rings is 3. The molecule has 1 aliphatic carbocycles. The summed E-state index contributed by atoms with van der Waals surface area (Å²) in [6.07, 6.45) is 6.97. The highest BCUT2D eigenvalue weighted by molar-refractivity contribution is 6.09. The summed E-state index contributed by atoms with van der Waals surface area (Å²) in [6.45, 7) is 13.5. The van der Waals surface area contributed by atoms with E-state index < -0.39 is 0 Å². The average molecular weight is 626 g/mol. The first kappa shape index (κ1) is 28.8. The SMILES string of the molecule is Cc1ccc2c(n1)oc1c(-c3cc(-c4ccc(C(C)C)cc4)cc[n+]3C3=CC4(C)[n+]5ccccc5-c5ccccc5C34C)c(C)ccc12. The fourth-order valence-corrected chi connectivity index (χ4v) is 8.35. The number of furan rings is 1. The first-order chi connectivity index (χ1) is 23.2. The molecule has 234 valence electrons. The number of allylic oxidation sites excluding steroid dienone is 2. The van der Waals surface area contributed by atoms with Crippen molar-refractivity contribution in [3.63, 3.8) is 0 Å². The number of aromatic nitrogens is 3. The van der Waals surface area contributed by atoms with Gasteiger partial charge in [0.2, 0.25) is 28.3 Å². The van der Waals surface area contributed by atoms with Crippen LogP contribution in [0.5, 0.6) is 0 Å². The summed E-state index contributed by atoms with van der Waals surface area (Å²) >= 11 is 0. The van der Waals surface area contributed by atoms with E-state index in [0.717, 1.165) is 38.9 Å². The molecule has 48 heavy (non-hydrogen) atoms. The summed E-state index contributed by atoms with van der Waals surface area (Å²) < 4.78 is 11.6. The Kier molecular flexibility index (Phi) is 6.05. The molecular formula is C44H39N3O+2. The van der Waals surface area contributed by atoms with Crippen LogP contribution < -0.4 is 9.13 Å². The molecule has 2 aliphatic rings. The van der Waals surface area contributed by atoms with Gasteiger partial charge >= 0.3 is 0 Å². The fourth-order valence-electron chi connectivity index (χ4n) is 8.35. The predicted octanol–water partition coefficient (Wildman–Crippen LogP) is 9.84. The van der Waals surface area contributed by atoms with E-state index in [1.807, 2.05) is 6.92 Å². The maximum absolute atomic E-state index is 6.68. The van der Waals surface area contributed by atoms with Crippen molar-refractivity contribution in [1.82, 2.24) is 4.98 Å². The van der Waals surface area contributed by atoms with Crippen LogP contribution in [0.25, 0.3) is 61.4 Å². The highest BCUT2D eigenvalue weighted by atomic mass is 16.3. The second-order valence-corrected chi connectivity index (χ2v) is 14.3. The van der Waals surface area contributed by atoms with Gasteiger partial charge in [-0.15, -0.1) is 0 Å². The molecule has 2 unspecified atom stereocenters. The summed E-state index contributed by atoms with van der Waals surface area (Å²) in [7, 11) is 0. The topological polar surface area (TPSA) is 33.8 Å². The Morgan fingerprint density at radius 1 is 0.729 bits per heavy atom. The normalized spacial score (nSPS) is 19.5. The molecule has 0 fully saturated rings. The lowest BCUT2D eigenvalue weighted by Gasteiger charge is -2.49. The van der Waals surface area contributed by atoms with Crippen LogP contribution in [0, 0.1) is 13.8 Å². The minimum Gasteiger partial charge on any atom is -0.437 e. The quantitative estimate of drug-likeness (QED) is 0.183. The Balaban J connectivity index is 1.33. The average Bonchev–Trinajstić information content (AvgIpc) is 3.47. The van der Waals surface area contributed by atoms with Crippen LogP contribution in [0.1, 0.15) is 56.0 Å². The maximum atomic E-state index is 6.68. The van der Waals surface area contributed by atoms with E-state index in [9.17, 15) is 0 Å². The van der Waals surface area contributed by atoms with Crippen LogP contribution in [0.15, 0.2) is 126 Å². The molecule has 9 rings (SSSR count). The Morgan fingerprint density at radius 3 is 2.31 bits per heavy atom. The lowest BCUT2D eigenvalue weighted by molar-refractivity contribution is -0.760. The van der Waals surface area contributed by atoms with Crippen molar-refractivity contribution in [2.24, 2.45) is 0 Å². The van der Waals surface area contributed by atoms with Crippen LogP contribution in [0.4, 0.5) is 0 Å². The number of aryl methyl sites for hydroxylation is 2. The van der Waals surface area contributed by atoms with Gasteiger partial charge in [0.15, 0.2) is 18.0 Å². The van der Waals surface area contributed by atoms with E-state index in [1.165, 1.54) is 39.2 Å². The van der Waals surface area contributed by atoms with Crippen molar-refractivity contribution in [2.45, 2.75) is 58.4 Å². The van der Waals surface area contributed by atoms with Crippen LogP contribution in [0.3, 0.4) is 0 Å². The van der Waals surface area contributed by atoms with Crippen molar-refractivity contribution in [2.75, 3.05) is 0 Å². The third-order valence-corrected chi connectivity index (χ3v) is 11.3. The van der Waals surface area contributed by atoms with Crippen LogP contribution in [0.2, 0.25) is 0 Å². The summed E-state index contributed by atoms with van der Waals surface area (Å²) in [6, 6.07) is 37.7. The van der Waals surface area contributed by atoms with Crippen molar-refractivity contribution in [3.05, 3.63) is 144 Å². The van der Waals surface area contributed by atoms with Crippen LogP contribution >= 0.6 is 0 Å². The monoisotopic (exact) mass is 625 g/mol. The van der Waals surface area contributed by atoms with Gasteiger partial charge in [0.25, 0.3) is 0 Å². The Hall–Kier alpha value is -5.35. The van der Waals surface area contributed by atoms with Gasteiger partial charge < -0.3 is 4.42 Å². The minimum absolute atomic E-state index is 0.245. The first-order valence-corrected chi connectivity index (χ1v) is 17.0. The summed E-state index contributed by atoms with van der Waals surface area (Å²) in [5.74, 6) is 0.486. The highest BCUT2D eigenvalue weighted by Crippen LogP contribution is 2.58. The molecule has 0 N–H and O–H groups in total. The number of rotatable bonds is 4. The molecule has 5 heterocycles. The zero-order valence-electron chi connectivity index (χ0n) is 28.4. The number of fused-ring (bicyclic) bond motifs is 9. The van der Waals surface area contributed by atoms with E-state index in [0.29, 0.717) is 11.6 Å². The molecule has 4 aromatic heterocycles. The summed E-state index contributed by atoms with van der Waals surface area (Å²) in [4.78, 5) is 4.78. The number of hydrogen-bond acceptors (Lipinski definition) is 2. The number of nitrogens with zero attached hydrogens (tertiary/aromatic N) is 3. The van der Waals surface area contributed by atoms with Gasteiger partial charge in [-0.2, -0.15) is 9.13 Å². The van der Waals surface area contributed by atoms with Crippen molar-refractivity contribution < 1.29 is 13.6 Å². The molecule has 3 aromatic carbocycles. The molecule has 0 radical (unpaired) electrons. The molecule has 4 nitrogen and oxygen atoms in total. The van der Waals surface area contributed by atoms with Gasteiger partial charge in [-0.3, -0.25) is 0 Å². The second-order valence-electron chi connectivity index (χ2n) is 14.3. The van der Waals surface area contributed by atoms with Gasteiger partial charge in [0.1, 0.15) is 5.41 Å². The molecule has 1 aliphatic heterocycles. The fraction of sp³-hybridized carbons (Fsp3) is 0.205. The Bertz CT molecular complexity index is 2480. The van der Waals surface area contributed by atoms with Gasteiger partial charge in [0.05, 0.1) is 17.2 Å². The maximum Gasteiger partial charge on any atom is 0.227 e. The van der Waals surface area contributed by atoms with Gasteiger partial charge in [-0.05, 0) is 78.8 Å². The molecule has 0 saturated heterocycles. The summed E-state index contributed by atoms with van der Waals surface area (Å²) in [5, 5.41) is 2.13. The van der Waals surface area contributed by atoms with E-state index in [2.05, 4.69) is 165 Å². The van der Waals surface area contributed by atoms with Gasteiger partial charge in [-0.1, -0.05) is 68.4 Å². The molecule has 2 atom stereocenters. The van der Waals surface area contributed by atoms with Crippen molar-refractivity contribution in [3.8, 4) is 33.6 Å². The molecule has 0 bridgehead atoms.